The number of amides is 2. The number of carboxylic acid groups (broad SMARTS) is 1. The molecule has 0 aliphatic heterocycles. The van der Waals surface area contributed by atoms with Crippen molar-refractivity contribution in [2.24, 2.45) is 0 Å². The highest BCUT2D eigenvalue weighted by atomic mass is 16.4. The van der Waals surface area contributed by atoms with Gasteiger partial charge in [-0.25, -0.2) is 0 Å². The number of nitrogens with one attached hydrogen (secondary N) is 2. The molecular formula is C19H20N2O5. The number of hydrogen-bond acceptors (Lipinski definition) is 4. The number of benzene rings is 2. The predicted octanol–water partition coefficient (Wildman–Crippen LogP) is 1.32. The van der Waals surface area contributed by atoms with Crippen molar-refractivity contribution in [3.8, 4) is 5.75 Å². The standard InChI is InChI=1S/C19H20N2O5/c1-12(19(25)26)20-18(24)16(11-13-7-9-15(22)10-8-13)21-17(23)14-5-3-2-4-6-14/h2-10,12,16,22H,11H2,1H3,(H,20,24)(H,21,23)(H,25,26)/t12-,16-/m1/s1. The van der Waals surface area contributed by atoms with Crippen LogP contribution in [0.1, 0.15) is 22.8 Å². The summed E-state index contributed by atoms with van der Waals surface area (Å²) >= 11 is 0. The summed E-state index contributed by atoms with van der Waals surface area (Å²) in [5.74, 6) is -2.12. The van der Waals surface area contributed by atoms with Gasteiger partial charge in [-0.1, -0.05) is 30.3 Å². The summed E-state index contributed by atoms with van der Waals surface area (Å²) in [5, 5.41) is 23.3. The molecule has 136 valence electrons. The van der Waals surface area contributed by atoms with E-state index in [1.807, 2.05) is 0 Å². The third-order valence-corrected chi connectivity index (χ3v) is 3.76. The topological polar surface area (TPSA) is 116 Å². The lowest BCUT2D eigenvalue weighted by atomic mass is 10.0. The summed E-state index contributed by atoms with van der Waals surface area (Å²) in [7, 11) is 0. The highest BCUT2D eigenvalue weighted by molar-refractivity contribution is 5.98. The normalized spacial score (nSPS) is 12.7. The number of carbonyl (C=O) groups excluding carboxylic acids is 2. The van der Waals surface area contributed by atoms with E-state index in [2.05, 4.69) is 10.6 Å². The lowest BCUT2D eigenvalue weighted by molar-refractivity contribution is -0.141. The molecule has 0 aliphatic rings. The van der Waals surface area contributed by atoms with Crippen LogP contribution in [-0.2, 0) is 16.0 Å². The van der Waals surface area contributed by atoms with Crippen molar-refractivity contribution in [1.82, 2.24) is 10.6 Å². The zero-order valence-corrected chi connectivity index (χ0v) is 14.2. The lowest BCUT2D eigenvalue weighted by Crippen LogP contribution is -2.51. The average molecular weight is 356 g/mol. The van der Waals surface area contributed by atoms with E-state index in [1.54, 1.807) is 42.5 Å². The minimum Gasteiger partial charge on any atom is -0.508 e. The second-order valence-corrected chi connectivity index (χ2v) is 5.83. The minimum absolute atomic E-state index is 0.0857. The fraction of sp³-hybridized carbons (Fsp3) is 0.211. The zero-order valence-electron chi connectivity index (χ0n) is 14.2. The van der Waals surface area contributed by atoms with Gasteiger partial charge in [-0.05, 0) is 36.8 Å². The smallest absolute Gasteiger partial charge is 0.325 e. The van der Waals surface area contributed by atoms with Crippen molar-refractivity contribution in [2.75, 3.05) is 0 Å². The van der Waals surface area contributed by atoms with Gasteiger partial charge in [0.15, 0.2) is 0 Å². The number of phenols is 1. The van der Waals surface area contributed by atoms with Crippen LogP contribution < -0.4 is 10.6 Å². The zero-order chi connectivity index (χ0) is 19.1. The molecule has 2 rings (SSSR count). The highest BCUT2D eigenvalue weighted by Crippen LogP contribution is 2.12. The molecule has 0 saturated carbocycles. The van der Waals surface area contributed by atoms with Gasteiger partial charge in [0.1, 0.15) is 17.8 Å². The van der Waals surface area contributed by atoms with Gasteiger partial charge < -0.3 is 20.8 Å². The summed E-state index contributed by atoms with van der Waals surface area (Å²) < 4.78 is 0. The Bertz CT molecular complexity index is 774. The fourth-order valence-electron chi connectivity index (χ4n) is 2.28. The quantitative estimate of drug-likeness (QED) is 0.597. The fourth-order valence-corrected chi connectivity index (χ4v) is 2.28. The highest BCUT2D eigenvalue weighted by Gasteiger charge is 2.25. The van der Waals surface area contributed by atoms with Crippen molar-refractivity contribution in [3.05, 3.63) is 65.7 Å². The molecule has 26 heavy (non-hydrogen) atoms. The van der Waals surface area contributed by atoms with Gasteiger partial charge in [-0.2, -0.15) is 0 Å². The maximum Gasteiger partial charge on any atom is 0.325 e. The number of carbonyl (C=O) groups is 3. The van der Waals surface area contributed by atoms with E-state index in [1.165, 1.54) is 19.1 Å². The first-order chi connectivity index (χ1) is 12.4. The summed E-state index contributed by atoms with van der Waals surface area (Å²) in [6.07, 6.45) is 0.150. The summed E-state index contributed by atoms with van der Waals surface area (Å²) in [4.78, 5) is 35.8. The number of phenolic OH excluding ortho intramolecular Hbond substituents is 1. The van der Waals surface area contributed by atoms with Crippen LogP contribution in [-0.4, -0.2) is 40.1 Å². The molecule has 0 spiro atoms. The van der Waals surface area contributed by atoms with Crippen LogP contribution in [0.4, 0.5) is 0 Å². The molecule has 0 unspecified atom stereocenters. The SMILES string of the molecule is C[C@@H](NC(=O)[C@@H](Cc1ccc(O)cc1)NC(=O)c1ccccc1)C(=O)O. The Morgan fingerprint density at radius 3 is 2.15 bits per heavy atom. The van der Waals surface area contributed by atoms with E-state index in [-0.39, 0.29) is 12.2 Å². The van der Waals surface area contributed by atoms with E-state index in [0.717, 1.165) is 0 Å². The first kappa shape index (κ1) is 19.0. The minimum atomic E-state index is -1.17. The molecule has 2 aromatic rings. The van der Waals surface area contributed by atoms with Gasteiger partial charge in [-0.15, -0.1) is 0 Å². The van der Waals surface area contributed by atoms with Gasteiger partial charge >= 0.3 is 5.97 Å². The number of aliphatic carboxylic acids is 1. The molecule has 0 aromatic heterocycles. The van der Waals surface area contributed by atoms with E-state index < -0.39 is 29.9 Å². The van der Waals surface area contributed by atoms with Gasteiger partial charge in [-0.3, -0.25) is 14.4 Å². The molecule has 2 atom stereocenters. The molecule has 0 fully saturated rings. The number of hydrogen-bond donors (Lipinski definition) is 4. The largest absolute Gasteiger partial charge is 0.508 e. The van der Waals surface area contributed by atoms with Crippen LogP contribution in [0.2, 0.25) is 0 Å². The van der Waals surface area contributed by atoms with E-state index in [0.29, 0.717) is 11.1 Å². The molecular weight excluding hydrogens is 336 g/mol. The second kappa shape index (κ2) is 8.66. The number of aromatic hydroxyl groups is 1. The van der Waals surface area contributed by atoms with Crippen molar-refractivity contribution in [1.29, 1.82) is 0 Å². The molecule has 7 heteroatoms. The molecule has 4 N–H and O–H groups in total. The van der Waals surface area contributed by atoms with E-state index in [9.17, 15) is 19.5 Å². The molecule has 7 nitrogen and oxygen atoms in total. The average Bonchev–Trinajstić information content (AvgIpc) is 2.63. The van der Waals surface area contributed by atoms with Crippen molar-refractivity contribution < 1.29 is 24.6 Å². The molecule has 0 bridgehead atoms. The van der Waals surface area contributed by atoms with Gasteiger partial charge in [0.05, 0.1) is 0 Å². The summed E-state index contributed by atoms with van der Waals surface area (Å²) in [6.45, 7) is 1.34. The molecule has 0 radical (unpaired) electrons. The van der Waals surface area contributed by atoms with Gasteiger partial charge in [0, 0.05) is 12.0 Å². The lowest BCUT2D eigenvalue weighted by Gasteiger charge is -2.20. The van der Waals surface area contributed by atoms with Crippen LogP contribution in [0.5, 0.6) is 5.75 Å². The Morgan fingerprint density at radius 1 is 0.962 bits per heavy atom. The molecule has 0 aliphatic carbocycles. The van der Waals surface area contributed by atoms with E-state index >= 15 is 0 Å². The van der Waals surface area contributed by atoms with Crippen LogP contribution >= 0.6 is 0 Å². The third-order valence-electron chi connectivity index (χ3n) is 3.76. The van der Waals surface area contributed by atoms with Crippen LogP contribution in [0.25, 0.3) is 0 Å². The van der Waals surface area contributed by atoms with Crippen molar-refractivity contribution in [2.45, 2.75) is 25.4 Å². The van der Waals surface area contributed by atoms with Crippen LogP contribution in [0.15, 0.2) is 54.6 Å². The Balaban J connectivity index is 2.17. The van der Waals surface area contributed by atoms with Crippen LogP contribution in [0.3, 0.4) is 0 Å². The number of carboxylic acids is 1. The van der Waals surface area contributed by atoms with Crippen molar-refractivity contribution >= 4 is 17.8 Å². The second-order valence-electron chi connectivity index (χ2n) is 5.83. The van der Waals surface area contributed by atoms with Gasteiger partial charge in [0.25, 0.3) is 5.91 Å². The maximum absolute atomic E-state index is 12.5. The molecule has 0 heterocycles. The predicted molar refractivity (Wildman–Crippen MR) is 94.7 cm³/mol. The summed E-state index contributed by atoms with van der Waals surface area (Å²) in [6, 6.07) is 12.6. The molecule has 2 aromatic carbocycles. The van der Waals surface area contributed by atoms with Crippen LogP contribution in [0, 0.1) is 0 Å². The molecule has 0 saturated heterocycles. The first-order valence-corrected chi connectivity index (χ1v) is 8.04. The Hall–Kier alpha value is -3.35. The van der Waals surface area contributed by atoms with Gasteiger partial charge in [0.2, 0.25) is 5.91 Å². The first-order valence-electron chi connectivity index (χ1n) is 8.04. The maximum atomic E-state index is 12.5. The Kier molecular flexibility index (Phi) is 6.32. The Labute approximate surface area is 150 Å². The molecule has 2 amide bonds. The third kappa shape index (κ3) is 5.34. The Morgan fingerprint density at radius 2 is 1.58 bits per heavy atom. The summed E-state index contributed by atoms with van der Waals surface area (Å²) in [5.41, 5.74) is 1.10. The number of rotatable bonds is 7. The van der Waals surface area contributed by atoms with Crippen molar-refractivity contribution in [3.63, 3.8) is 0 Å². The van der Waals surface area contributed by atoms with E-state index in [4.69, 9.17) is 5.11 Å². The monoisotopic (exact) mass is 356 g/mol.